The van der Waals surface area contributed by atoms with Crippen molar-refractivity contribution in [2.75, 3.05) is 24.7 Å². The predicted octanol–water partition coefficient (Wildman–Crippen LogP) is 2.32. The van der Waals surface area contributed by atoms with Gasteiger partial charge in [0.2, 0.25) is 0 Å². The first-order valence-electron chi connectivity index (χ1n) is 7.38. The summed E-state index contributed by atoms with van der Waals surface area (Å²) in [5.74, 6) is 1.48. The number of imidazole rings is 1. The second-order valence-electron chi connectivity index (χ2n) is 4.64. The van der Waals surface area contributed by atoms with Crippen molar-refractivity contribution in [2.45, 2.75) is 38.4 Å². The zero-order valence-corrected chi connectivity index (χ0v) is 13.9. The second kappa shape index (κ2) is 7.98. The molecule has 2 heterocycles. The number of anilines is 1. The minimum atomic E-state index is -0.200. The zero-order valence-electron chi connectivity index (χ0n) is 13.1. The minimum Gasteiger partial charge on any atom is -0.464 e. The summed E-state index contributed by atoms with van der Waals surface area (Å²) in [6, 6.07) is 0. The lowest BCUT2D eigenvalue weighted by molar-refractivity contribution is -0.143. The maximum atomic E-state index is 11.2. The summed E-state index contributed by atoms with van der Waals surface area (Å²) in [4.78, 5) is 24.6. The van der Waals surface area contributed by atoms with Gasteiger partial charge in [0.25, 0.3) is 0 Å². The smallest absolute Gasteiger partial charge is 0.305 e. The molecule has 22 heavy (non-hydrogen) atoms. The number of ether oxygens (including phenoxy) is 1. The number of aromatic nitrogens is 4. The molecule has 8 heteroatoms. The maximum absolute atomic E-state index is 11.2. The fraction of sp³-hybridized carbons (Fsp3) is 0.571. The van der Waals surface area contributed by atoms with Gasteiger partial charge < -0.3 is 14.6 Å². The monoisotopic (exact) mass is 323 g/mol. The Hall–Kier alpha value is -1.83. The van der Waals surface area contributed by atoms with Gasteiger partial charge in [-0.2, -0.15) is 0 Å². The van der Waals surface area contributed by atoms with Crippen LogP contribution in [0.2, 0.25) is 0 Å². The van der Waals surface area contributed by atoms with E-state index in [2.05, 4.69) is 27.2 Å². The average Bonchev–Trinajstić information content (AvgIpc) is 2.95. The van der Waals surface area contributed by atoms with Crippen molar-refractivity contribution in [3.63, 3.8) is 0 Å². The molecule has 0 unspecified atom stereocenters. The van der Waals surface area contributed by atoms with Gasteiger partial charge in [-0.1, -0.05) is 25.6 Å². The zero-order chi connectivity index (χ0) is 15.9. The molecule has 0 aliphatic carbocycles. The lowest BCUT2D eigenvalue weighted by Crippen LogP contribution is -2.10. The van der Waals surface area contributed by atoms with Gasteiger partial charge in [-0.25, -0.2) is 15.0 Å². The molecule has 0 aromatic carbocycles. The van der Waals surface area contributed by atoms with Crippen molar-refractivity contribution < 1.29 is 9.53 Å². The van der Waals surface area contributed by atoms with Crippen LogP contribution in [-0.4, -0.2) is 44.9 Å². The van der Waals surface area contributed by atoms with Crippen molar-refractivity contribution in [2.24, 2.45) is 0 Å². The topological polar surface area (TPSA) is 81.9 Å². The molecule has 120 valence electrons. The lowest BCUT2D eigenvalue weighted by atomic mass is 10.5. The summed E-state index contributed by atoms with van der Waals surface area (Å²) in [7, 11) is 1.82. The molecule has 7 nitrogen and oxygen atoms in total. The van der Waals surface area contributed by atoms with Gasteiger partial charge in [0.05, 0.1) is 12.9 Å². The molecule has 2 aromatic heterocycles. The van der Waals surface area contributed by atoms with Crippen LogP contribution in [0, 0.1) is 0 Å². The van der Waals surface area contributed by atoms with Crippen molar-refractivity contribution in [3.8, 4) is 0 Å². The lowest BCUT2D eigenvalue weighted by Gasteiger charge is -2.07. The SMILES string of the molecule is CCCSc1nc(NC)c2ncn(CCOC(=O)CC)c2n1. The normalized spacial score (nSPS) is 10.9. The van der Waals surface area contributed by atoms with Crippen molar-refractivity contribution in [1.29, 1.82) is 0 Å². The molecule has 0 spiro atoms. The number of nitrogens with one attached hydrogen (secondary N) is 1. The maximum Gasteiger partial charge on any atom is 0.305 e. The molecule has 2 aromatic rings. The quantitative estimate of drug-likeness (QED) is 0.453. The fourth-order valence-electron chi connectivity index (χ4n) is 1.88. The Bertz CT molecular complexity index is 643. The Kier molecular flexibility index (Phi) is 6.00. The molecule has 2 rings (SSSR count). The van der Waals surface area contributed by atoms with Gasteiger partial charge in [0.1, 0.15) is 12.1 Å². The fourth-order valence-corrected chi connectivity index (χ4v) is 2.57. The predicted molar refractivity (Wildman–Crippen MR) is 87.1 cm³/mol. The van der Waals surface area contributed by atoms with E-state index in [0.29, 0.717) is 25.4 Å². The molecule has 0 bridgehead atoms. The van der Waals surface area contributed by atoms with E-state index >= 15 is 0 Å². The van der Waals surface area contributed by atoms with E-state index in [4.69, 9.17) is 4.74 Å². The van der Waals surface area contributed by atoms with Gasteiger partial charge in [-0.15, -0.1) is 0 Å². The van der Waals surface area contributed by atoms with Crippen LogP contribution < -0.4 is 5.32 Å². The average molecular weight is 323 g/mol. The summed E-state index contributed by atoms with van der Waals surface area (Å²) in [6.45, 7) is 4.74. The third kappa shape index (κ3) is 3.88. The van der Waals surface area contributed by atoms with Crippen molar-refractivity contribution in [3.05, 3.63) is 6.33 Å². The van der Waals surface area contributed by atoms with Crippen molar-refractivity contribution in [1.82, 2.24) is 19.5 Å². The molecular formula is C14H21N5O2S. The highest BCUT2D eigenvalue weighted by molar-refractivity contribution is 7.99. The summed E-state index contributed by atoms with van der Waals surface area (Å²) in [5, 5.41) is 3.79. The van der Waals surface area contributed by atoms with Crippen LogP contribution in [0.1, 0.15) is 26.7 Å². The van der Waals surface area contributed by atoms with Crippen LogP contribution in [0.25, 0.3) is 11.2 Å². The molecule has 0 radical (unpaired) electrons. The van der Waals surface area contributed by atoms with E-state index in [1.54, 1.807) is 25.0 Å². The molecule has 0 atom stereocenters. The number of esters is 1. The highest BCUT2D eigenvalue weighted by Crippen LogP contribution is 2.23. The first-order valence-corrected chi connectivity index (χ1v) is 8.37. The van der Waals surface area contributed by atoms with E-state index < -0.39 is 0 Å². The third-order valence-electron chi connectivity index (χ3n) is 3.00. The molecule has 0 saturated carbocycles. The Morgan fingerprint density at radius 2 is 2.23 bits per heavy atom. The molecule has 0 aliphatic rings. The van der Waals surface area contributed by atoms with Gasteiger partial charge in [0.15, 0.2) is 16.6 Å². The summed E-state index contributed by atoms with van der Waals surface area (Å²) >= 11 is 1.62. The minimum absolute atomic E-state index is 0.200. The summed E-state index contributed by atoms with van der Waals surface area (Å²) in [5.41, 5.74) is 1.48. The first-order chi connectivity index (χ1) is 10.7. The number of carbonyl (C=O) groups is 1. The summed E-state index contributed by atoms with van der Waals surface area (Å²) in [6.07, 6.45) is 3.15. The van der Waals surface area contributed by atoms with Crippen molar-refractivity contribution >= 4 is 34.7 Å². The Labute approximate surface area is 133 Å². The highest BCUT2D eigenvalue weighted by atomic mass is 32.2. The molecule has 0 fully saturated rings. The Balaban J connectivity index is 2.21. The standard InChI is InChI=1S/C14H21N5O2S/c1-4-8-22-14-17-12(15-3)11-13(18-14)19(9-16-11)6-7-21-10(20)5-2/h9H,4-8H2,1-3H3,(H,15,17,18). The van der Waals surface area contributed by atoms with Crippen LogP contribution >= 0.6 is 11.8 Å². The molecule has 0 amide bonds. The highest BCUT2D eigenvalue weighted by Gasteiger charge is 2.13. The number of thioether (sulfide) groups is 1. The number of hydrogen-bond donors (Lipinski definition) is 1. The van der Waals surface area contributed by atoms with Gasteiger partial charge in [-0.3, -0.25) is 4.79 Å². The number of carbonyl (C=O) groups excluding carboxylic acids is 1. The molecular weight excluding hydrogens is 302 g/mol. The van der Waals surface area contributed by atoms with Crippen LogP contribution in [0.4, 0.5) is 5.82 Å². The number of nitrogens with zero attached hydrogens (tertiary/aromatic N) is 4. The van der Waals surface area contributed by atoms with E-state index in [9.17, 15) is 4.79 Å². The Morgan fingerprint density at radius 3 is 2.91 bits per heavy atom. The number of fused-ring (bicyclic) bond motifs is 1. The largest absolute Gasteiger partial charge is 0.464 e. The first kappa shape index (κ1) is 16.5. The van der Waals surface area contributed by atoms with Gasteiger partial charge in [-0.05, 0) is 6.42 Å². The Morgan fingerprint density at radius 1 is 1.41 bits per heavy atom. The number of hydrogen-bond acceptors (Lipinski definition) is 7. The number of rotatable bonds is 8. The van der Waals surface area contributed by atoms with E-state index in [-0.39, 0.29) is 5.97 Å². The van der Waals surface area contributed by atoms with E-state index in [0.717, 1.165) is 28.5 Å². The van der Waals surface area contributed by atoms with E-state index in [1.165, 1.54) is 0 Å². The van der Waals surface area contributed by atoms with Gasteiger partial charge >= 0.3 is 5.97 Å². The molecule has 0 aliphatic heterocycles. The third-order valence-corrected chi connectivity index (χ3v) is 4.05. The molecule has 1 N–H and O–H groups in total. The second-order valence-corrected chi connectivity index (χ2v) is 5.70. The molecule has 0 saturated heterocycles. The van der Waals surface area contributed by atoms with Crippen LogP contribution in [0.15, 0.2) is 11.5 Å². The summed E-state index contributed by atoms with van der Waals surface area (Å²) < 4.78 is 7.00. The van der Waals surface area contributed by atoms with E-state index in [1.807, 2.05) is 11.6 Å². The van der Waals surface area contributed by atoms with Crippen LogP contribution in [-0.2, 0) is 16.1 Å². The van der Waals surface area contributed by atoms with Gasteiger partial charge in [0, 0.05) is 19.2 Å². The van der Waals surface area contributed by atoms with Crippen LogP contribution in [0.3, 0.4) is 0 Å². The van der Waals surface area contributed by atoms with Crippen LogP contribution in [0.5, 0.6) is 0 Å².